The molecule has 0 atom stereocenters. The Morgan fingerprint density at radius 2 is 1.67 bits per heavy atom. The molecule has 2 aromatic rings. The molecule has 0 radical (unpaired) electrons. The monoisotopic (exact) mass is 321 g/mol. The van der Waals surface area contributed by atoms with Crippen LogP contribution in [0.4, 0.5) is 11.4 Å². The average molecular weight is 321 g/mol. The van der Waals surface area contributed by atoms with E-state index < -0.39 is 0 Å². The molecule has 0 unspecified atom stereocenters. The number of hydrazone groups is 1. The molecule has 1 aliphatic heterocycles. The van der Waals surface area contributed by atoms with Crippen molar-refractivity contribution < 1.29 is 4.79 Å². The predicted molar refractivity (Wildman–Crippen MR) is 100 cm³/mol. The third-order valence-electron chi connectivity index (χ3n) is 4.32. The molecule has 1 amide bonds. The lowest BCUT2D eigenvalue weighted by molar-refractivity contribution is 0.102. The highest BCUT2D eigenvalue weighted by Crippen LogP contribution is 2.24. The number of hydrogen-bond acceptors (Lipinski definition) is 3. The van der Waals surface area contributed by atoms with Gasteiger partial charge >= 0.3 is 0 Å². The van der Waals surface area contributed by atoms with Gasteiger partial charge in [0.25, 0.3) is 5.91 Å². The maximum Gasteiger partial charge on any atom is 0.255 e. The molecule has 0 saturated heterocycles. The molecule has 4 nitrogen and oxygen atoms in total. The van der Waals surface area contributed by atoms with Crippen molar-refractivity contribution in [2.75, 3.05) is 16.9 Å². The van der Waals surface area contributed by atoms with Crippen LogP contribution in [0.15, 0.2) is 41.5 Å². The van der Waals surface area contributed by atoms with Crippen molar-refractivity contribution in [3.63, 3.8) is 0 Å². The van der Waals surface area contributed by atoms with Crippen molar-refractivity contribution in [3.8, 4) is 0 Å². The van der Waals surface area contributed by atoms with Gasteiger partial charge in [-0.25, -0.2) is 0 Å². The van der Waals surface area contributed by atoms with Gasteiger partial charge in [0.15, 0.2) is 0 Å². The van der Waals surface area contributed by atoms with Gasteiger partial charge in [-0.1, -0.05) is 17.7 Å². The number of aryl methyl sites for hydroxylation is 3. The van der Waals surface area contributed by atoms with Crippen molar-refractivity contribution in [1.82, 2.24) is 0 Å². The molecule has 124 valence electrons. The van der Waals surface area contributed by atoms with E-state index in [0.717, 1.165) is 41.2 Å². The van der Waals surface area contributed by atoms with E-state index in [4.69, 9.17) is 0 Å². The van der Waals surface area contributed by atoms with Gasteiger partial charge in [-0.3, -0.25) is 9.80 Å². The predicted octanol–water partition coefficient (Wildman–Crippen LogP) is 4.45. The first-order chi connectivity index (χ1) is 11.4. The van der Waals surface area contributed by atoms with Gasteiger partial charge in [-0.2, -0.15) is 5.10 Å². The number of carbonyl (C=O) groups excluding carboxylic acids is 1. The summed E-state index contributed by atoms with van der Waals surface area (Å²) in [5, 5.41) is 9.50. The molecule has 0 aliphatic carbocycles. The molecule has 0 bridgehead atoms. The molecule has 0 saturated carbocycles. The summed E-state index contributed by atoms with van der Waals surface area (Å²) in [6, 6.07) is 11.8. The minimum absolute atomic E-state index is 0.0855. The highest BCUT2D eigenvalue weighted by atomic mass is 16.1. The third-order valence-corrected chi connectivity index (χ3v) is 4.32. The highest BCUT2D eigenvalue weighted by Gasteiger charge is 2.14. The Balaban J connectivity index is 1.76. The van der Waals surface area contributed by atoms with Gasteiger partial charge in [0.05, 0.1) is 5.69 Å². The molecule has 1 aliphatic rings. The largest absolute Gasteiger partial charge is 0.322 e. The number of anilines is 2. The Morgan fingerprint density at radius 1 is 1.04 bits per heavy atom. The Bertz CT molecular complexity index is 783. The number of nitrogens with one attached hydrogen (secondary N) is 1. The van der Waals surface area contributed by atoms with Crippen LogP contribution in [0.5, 0.6) is 0 Å². The summed E-state index contributed by atoms with van der Waals surface area (Å²) >= 11 is 0. The van der Waals surface area contributed by atoms with Crippen LogP contribution in [0, 0.1) is 20.8 Å². The minimum Gasteiger partial charge on any atom is -0.322 e. The summed E-state index contributed by atoms with van der Waals surface area (Å²) in [5.41, 5.74) is 7.08. The highest BCUT2D eigenvalue weighted by molar-refractivity contribution is 6.05. The van der Waals surface area contributed by atoms with Crippen molar-refractivity contribution in [2.24, 2.45) is 5.10 Å². The van der Waals surface area contributed by atoms with Gasteiger partial charge in [0, 0.05) is 29.9 Å². The molecule has 2 aromatic carbocycles. The molecular formula is C20H23N3O. The molecule has 24 heavy (non-hydrogen) atoms. The first kappa shape index (κ1) is 16.2. The van der Waals surface area contributed by atoms with Gasteiger partial charge < -0.3 is 5.32 Å². The number of carbonyl (C=O) groups is 1. The molecule has 3 rings (SSSR count). The number of amides is 1. The average Bonchev–Trinajstić information content (AvgIpc) is 2.97. The van der Waals surface area contributed by atoms with E-state index in [0.29, 0.717) is 5.56 Å². The van der Waals surface area contributed by atoms with Crippen LogP contribution in [0.3, 0.4) is 0 Å². The molecule has 0 fully saturated rings. The summed E-state index contributed by atoms with van der Waals surface area (Å²) in [6.45, 7) is 9.04. The van der Waals surface area contributed by atoms with E-state index >= 15 is 0 Å². The standard InChI is InChI=1S/C20H23N3O/c1-13-11-14(2)19(15(3)12-13)21-20(24)17-5-7-18(8-6-17)23-10-9-16(4)22-23/h5-8,11-12H,9-10H2,1-4H3,(H,21,24). The lowest BCUT2D eigenvalue weighted by Gasteiger charge is -2.15. The van der Waals surface area contributed by atoms with E-state index in [9.17, 15) is 4.79 Å². The second-order valence-corrected chi connectivity index (χ2v) is 6.48. The maximum absolute atomic E-state index is 12.5. The number of nitrogens with zero attached hydrogens (tertiary/aromatic N) is 2. The molecule has 0 aromatic heterocycles. The molecular weight excluding hydrogens is 298 g/mol. The van der Waals surface area contributed by atoms with Crippen LogP contribution < -0.4 is 10.3 Å². The quantitative estimate of drug-likeness (QED) is 0.907. The third kappa shape index (κ3) is 3.32. The fraction of sp³-hybridized carbons (Fsp3) is 0.300. The van der Waals surface area contributed by atoms with Crippen LogP contribution in [0.2, 0.25) is 0 Å². The van der Waals surface area contributed by atoms with E-state index in [1.165, 1.54) is 5.56 Å². The van der Waals surface area contributed by atoms with Crippen molar-refractivity contribution in [3.05, 3.63) is 58.7 Å². The van der Waals surface area contributed by atoms with Crippen LogP contribution >= 0.6 is 0 Å². The van der Waals surface area contributed by atoms with Gasteiger partial charge in [-0.15, -0.1) is 0 Å². The van der Waals surface area contributed by atoms with Crippen LogP contribution in [0.1, 0.15) is 40.4 Å². The van der Waals surface area contributed by atoms with E-state index in [2.05, 4.69) is 29.5 Å². The van der Waals surface area contributed by atoms with Gasteiger partial charge in [-0.05, 0) is 63.1 Å². The summed E-state index contributed by atoms with van der Waals surface area (Å²) in [5.74, 6) is -0.0855. The molecule has 0 spiro atoms. The van der Waals surface area contributed by atoms with Crippen LogP contribution in [-0.4, -0.2) is 18.2 Å². The Hall–Kier alpha value is -2.62. The number of benzene rings is 2. The Labute approximate surface area is 143 Å². The van der Waals surface area contributed by atoms with Crippen LogP contribution in [-0.2, 0) is 0 Å². The topological polar surface area (TPSA) is 44.7 Å². The normalized spacial score (nSPS) is 13.8. The zero-order valence-electron chi connectivity index (χ0n) is 14.7. The maximum atomic E-state index is 12.5. The fourth-order valence-corrected chi connectivity index (χ4v) is 3.11. The first-order valence-corrected chi connectivity index (χ1v) is 8.25. The van der Waals surface area contributed by atoms with E-state index in [1.807, 2.05) is 50.0 Å². The summed E-state index contributed by atoms with van der Waals surface area (Å²) in [4.78, 5) is 12.5. The summed E-state index contributed by atoms with van der Waals surface area (Å²) in [7, 11) is 0. The molecule has 1 heterocycles. The fourth-order valence-electron chi connectivity index (χ4n) is 3.11. The zero-order valence-corrected chi connectivity index (χ0v) is 14.7. The van der Waals surface area contributed by atoms with E-state index in [-0.39, 0.29) is 5.91 Å². The SMILES string of the molecule is CC1=NN(c2ccc(C(=O)Nc3c(C)cc(C)cc3C)cc2)CC1. The zero-order chi connectivity index (χ0) is 17.3. The van der Waals surface area contributed by atoms with Crippen molar-refractivity contribution >= 4 is 23.0 Å². The second kappa shape index (κ2) is 6.48. The second-order valence-electron chi connectivity index (χ2n) is 6.48. The smallest absolute Gasteiger partial charge is 0.255 e. The van der Waals surface area contributed by atoms with E-state index in [1.54, 1.807) is 0 Å². The lowest BCUT2D eigenvalue weighted by Crippen LogP contribution is -2.15. The number of rotatable bonds is 3. The van der Waals surface area contributed by atoms with Gasteiger partial charge in [0.2, 0.25) is 0 Å². The first-order valence-electron chi connectivity index (χ1n) is 8.25. The Morgan fingerprint density at radius 3 is 2.21 bits per heavy atom. The minimum atomic E-state index is -0.0855. The van der Waals surface area contributed by atoms with Crippen LogP contribution in [0.25, 0.3) is 0 Å². The summed E-state index contributed by atoms with van der Waals surface area (Å²) < 4.78 is 0. The van der Waals surface area contributed by atoms with Crippen molar-refractivity contribution in [1.29, 1.82) is 0 Å². The number of hydrogen-bond donors (Lipinski definition) is 1. The molecule has 1 N–H and O–H groups in total. The molecule has 4 heteroatoms. The van der Waals surface area contributed by atoms with Gasteiger partial charge in [0.1, 0.15) is 0 Å². The summed E-state index contributed by atoms with van der Waals surface area (Å²) in [6.07, 6.45) is 0.994. The van der Waals surface area contributed by atoms with Crippen molar-refractivity contribution in [2.45, 2.75) is 34.1 Å². The Kier molecular flexibility index (Phi) is 4.38. The lowest BCUT2D eigenvalue weighted by atomic mass is 10.0.